The number of rotatable bonds is 2. The number of hydrogen-bond donors (Lipinski definition) is 0. The third kappa shape index (κ3) is 1.71. The molecular formula is C14H18N2O3S. The van der Waals surface area contributed by atoms with Gasteiger partial charge in [0, 0.05) is 19.6 Å². The van der Waals surface area contributed by atoms with E-state index in [1.165, 1.54) is 4.31 Å². The second-order valence-electron chi connectivity index (χ2n) is 5.67. The molecule has 2 aliphatic rings. The van der Waals surface area contributed by atoms with E-state index < -0.39 is 10.0 Å². The standard InChI is InChI=1S/C14H18N2O3S/c1-9-4-6-11(7-5-9)20(18,19)16-8-12-13(10(16)2)15(3)14(12)17/h4-7,10,12-13H,8H2,1-3H3/t10-,12+,13-/m0/s1. The minimum absolute atomic E-state index is 0.0164. The zero-order valence-electron chi connectivity index (χ0n) is 11.8. The zero-order chi connectivity index (χ0) is 14.7. The van der Waals surface area contributed by atoms with Crippen molar-refractivity contribution < 1.29 is 13.2 Å². The van der Waals surface area contributed by atoms with Crippen LogP contribution in [0.4, 0.5) is 0 Å². The summed E-state index contributed by atoms with van der Waals surface area (Å²) in [5, 5.41) is 0. The van der Waals surface area contributed by atoms with Crippen LogP contribution in [0.5, 0.6) is 0 Å². The molecule has 2 heterocycles. The highest BCUT2D eigenvalue weighted by Gasteiger charge is 2.57. The first-order chi connectivity index (χ1) is 9.34. The number of likely N-dealkylation sites (N-methyl/N-ethyl adjacent to an activating group) is 1. The number of carbonyl (C=O) groups is 1. The lowest BCUT2D eigenvalue weighted by Gasteiger charge is -2.42. The van der Waals surface area contributed by atoms with E-state index in [1.54, 1.807) is 36.2 Å². The molecule has 0 spiro atoms. The number of β-lactam (4-membered cyclic amide) rings is 1. The molecule has 0 aromatic heterocycles. The maximum absolute atomic E-state index is 12.7. The maximum atomic E-state index is 12.7. The highest BCUT2D eigenvalue weighted by Crippen LogP contribution is 2.39. The molecule has 1 aromatic rings. The van der Waals surface area contributed by atoms with Gasteiger partial charge in [0.05, 0.1) is 16.9 Å². The van der Waals surface area contributed by atoms with Gasteiger partial charge in [-0.25, -0.2) is 8.42 Å². The van der Waals surface area contributed by atoms with Gasteiger partial charge in [-0.3, -0.25) is 4.79 Å². The Hall–Kier alpha value is -1.40. The molecule has 0 aliphatic carbocycles. The summed E-state index contributed by atoms with van der Waals surface area (Å²) in [6.45, 7) is 4.09. The van der Waals surface area contributed by atoms with Crippen LogP contribution in [-0.2, 0) is 14.8 Å². The van der Waals surface area contributed by atoms with E-state index in [0.29, 0.717) is 11.4 Å². The van der Waals surface area contributed by atoms with E-state index in [4.69, 9.17) is 0 Å². The van der Waals surface area contributed by atoms with Crippen molar-refractivity contribution in [2.24, 2.45) is 5.92 Å². The molecule has 0 radical (unpaired) electrons. The van der Waals surface area contributed by atoms with Gasteiger partial charge >= 0.3 is 0 Å². The number of hydrogen-bond acceptors (Lipinski definition) is 3. The fourth-order valence-electron chi connectivity index (χ4n) is 3.28. The lowest BCUT2D eigenvalue weighted by atomic mass is 9.88. The van der Waals surface area contributed by atoms with Gasteiger partial charge < -0.3 is 4.90 Å². The van der Waals surface area contributed by atoms with Crippen molar-refractivity contribution in [2.75, 3.05) is 13.6 Å². The van der Waals surface area contributed by atoms with Crippen molar-refractivity contribution in [2.45, 2.75) is 30.8 Å². The molecule has 0 unspecified atom stereocenters. The van der Waals surface area contributed by atoms with E-state index in [-0.39, 0.29) is 23.9 Å². The highest BCUT2D eigenvalue weighted by atomic mass is 32.2. The average Bonchev–Trinajstić information content (AvgIpc) is 2.73. The van der Waals surface area contributed by atoms with Gasteiger partial charge in [-0.15, -0.1) is 0 Å². The molecule has 0 N–H and O–H groups in total. The van der Waals surface area contributed by atoms with Crippen LogP contribution in [0, 0.1) is 12.8 Å². The normalized spacial score (nSPS) is 30.2. The lowest BCUT2D eigenvalue weighted by molar-refractivity contribution is -0.150. The van der Waals surface area contributed by atoms with Crippen molar-refractivity contribution in [1.29, 1.82) is 0 Å². The Labute approximate surface area is 119 Å². The van der Waals surface area contributed by atoms with Crippen LogP contribution >= 0.6 is 0 Å². The molecule has 1 aromatic carbocycles. The predicted molar refractivity (Wildman–Crippen MR) is 74.6 cm³/mol. The molecular weight excluding hydrogens is 276 g/mol. The van der Waals surface area contributed by atoms with Crippen molar-refractivity contribution in [3.63, 3.8) is 0 Å². The minimum atomic E-state index is -3.52. The van der Waals surface area contributed by atoms with Crippen LogP contribution in [-0.4, -0.2) is 49.2 Å². The number of nitrogens with zero attached hydrogens (tertiary/aromatic N) is 2. The van der Waals surface area contributed by atoms with Gasteiger partial charge in [0.25, 0.3) is 0 Å². The average molecular weight is 294 g/mol. The molecule has 6 heteroatoms. The van der Waals surface area contributed by atoms with Gasteiger partial charge in [0.1, 0.15) is 0 Å². The largest absolute Gasteiger partial charge is 0.340 e. The second kappa shape index (κ2) is 4.30. The number of amides is 1. The maximum Gasteiger partial charge on any atom is 0.243 e. The fraction of sp³-hybridized carbons (Fsp3) is 0.500. The van der Waals surface area contributed by atoms with Crippen LogP contribution in [0.2, 0.25) is 0 Å². The number of benzene rings is 1. The second-order valence-corrected chi connectivity index (χ2v) is 7.57. The summed E-state index contributed by atoms with van der Waals surface area (Å²) in [4.78, 5) is 13.7. The van der Waals surface area contributed by atoms with Crippen LogP contribution in [0.15, 0.2) is 29.2 Å². The smallest absolute Gasteiger partial charge is 0.243 e. The first kappa shape index (κ1) is 13.6. The number of aryl methyl sites for hydroxylation is 1. The molecule has 2 fully saturated rings. The Morgan fingerprint density at radius 2 is 1.80 bits per heavy atom. The molecule has 0 saturated carbocycles. The van der Waals surface area contributed by atoms with Crippen molar-refractivity contribution >= 4 is 15.9 Å². The van der Waals surface area contributed by atoms with E-state index in [1.807, 2.05) is 13.8 Å². The summed E-state index contributed by atoms with van der Waals surface area (Å²) in [6, 6.07) is 6.68. The first-order valence-corrected chi connectivity index (χ1v) is 8.13. The van der Waals surface area contributed by atoms with Gasteiger partial charge in [-0.1, -0.05) is 17.7 Å². The van der Waals surface area contributed by atoms with Crippen LogP contribution in [0.3, 0.4) is 0 Å². The van der Waals surface area contributed by atoms with Crippen molar-refractivity contribution in [1.82, 2.24) is 9.21 Å². The van der Waals surface area contributed by atoms with Crippen LogP contribution in [0.25, 0.3) is 0 Å². The number of sulfonamides is 1. The lowest BCUT2D eigenvalue weighted by Crippen LogP contribution is -2.60. The fourth-order valence-corrected chi connectivity index (χ4v) is 4.95. The molecule has 1 amide bonds. The van der Waals surface area contributed by atoms with Gasteiger partial charge in [0.2, 0.25) is 15.9 Å². The molecule has 3 atom stereocenters. The number of likely N-dealkylation sites (tertiary alicyclic amines) is 1. The van der Waals surface area contributed by atoms with Crippen molar-refractivity contribution in [3.8, 4) is 0 Å². The summed E-state index contributed by atoms with van der Waals surface area (Å²) in [6.07, 6.45) is 0. The van der Waals surface area contributed by atoms with Crippen LogP contribution in [0.1, 0.15) is 12.5 Å². The number of fused-ring (bicyclic) bond motifs is 1. The Kier molecular flexibility index (Phi) is 2.92. The Balaban J connectivity index is 1.93. The summed E-state index contributed by atoms with van der Waals surface area (Å²) in [5.41, 5.74) is 1.02. The van der Waals surface area contributed by atoms with E-state index in [0.717, 1.165) is 5.56 Å². The van der Waals surface area contributed by atoms with Gasteiger partial charge in [-0.2, -0.15) is 4.31 Å². The van der Waals surface area contributed by atoms with Gasteiger partial charge in [-0.05, 0) is 26.0 Å². The Bertz CT molecular complexity index is 654. The predicted octanol–water partition coefficient (Wildman–Crippen LogP) is 0.845. The number of carbonyl (C=O) groups excluding carboxylic acids is 1. The summed E-state index contributed by atoms with van der Waals surface area (Å²) in [7, 11) is -1.78. The summed E-state index contributed by atoms with van der Waals surface area (Å²) < 4.78 is 26.8. The summed E-state index contributed by atoms with van der Waals surface area (Å²) >= 11 is 0. The minimum Gasteiger partial charge on any atom is -0.340 e. The highest BCUT2D eigenvalue weighted by molar-refractivity contribution is 7.89. The third-order valence-electron chi connectivity index (χ3n) is 4.48. The molecule has 5 nitrogen and oxygen atoms in total. The molecule has 0 bridgehead atoms. The zero-order valence-corrected chi connectivity index (χ0v) is 12.6. The van der Waals surface area contributed by atoms with Crippen LogP contribution < -0.4 is 0 Å². The Morgan fingerprint density at radius 3 is 2.35 bits per heavy atom. The quantitative estimate of drug-likeness (QED) is 0.760. The Morgan fingerprint density at radius 1 is 1.20 bits per heavy atom. The SMILES string of the molecule is Cc1ccc(S(=O)(=O)N2C[C@H]3C(=O)N(C)[C@H]3[C@@H]2C)cc1. The monoisotopic (exact) mass is 294 g/mol. The molecule has 108 valence electrons. The molecule has 3 rings (SSSR count). The van der Waals surface area contributed by atoms with Crippen molar-refractivity contribution in [3.05, 3.63) is 29.8 Å². The van der Waals surface area contributed by atoms with E-state index in [2.05, 4.69) is 0 Å². The third-order valence-corrected chi connectivity index (χ3v) is 6.44. The summed E-state index contributed by atoms with van der Waals surface area (Å²) in [5.74, 6) is -0.126. The van der Waals surface area contributed by atoms with E-state index in [9.17, 15) is 13.2 Å². The first-order valence-electron chi connectivity index (χ1n) is 6.69. The molecule has 2 aliphatic heterocycles. The topological polar surface area (TPSA) is 57.7 Å². The van der Waals surface area contributed by atoms with Gasteiger partial charge in [0.15, 0.2) is 0 Å². The molecule has 20 heavy (non-hydrogen) atoms. The molecule has 2 saturated heterocycles. The van der Waals surface area contributed by atoms with E-state index >= 15 is 0 Å².